The average Bonchev–Trinajstić information content (AvgIpc) is 2.88. The van der Waals surface area contributed by atoms with Crippen LogP contribution >= 0.6 is 0 Å². The van der Waals surface area contributed by atoms with Gasteiger partial charge in [-0.25, -0.2) is 0 Å². The first kappa shape index (κ1) is 23.4. The minimum Gasteiger partial charge on any atom is -0.368 e. The van der Waals surface area contributed by atoms with Crippen LogP contribution in [0.4, 0.5) is 5.69 Å². The van der Waals surface area contributed by atoms with Crippen LogP contribution in [0, 0.1) is 0 Å². The summed E-state index contributed by atoms with van der Waals surface area (Å²) in [4.78, 5) is 32.8. The quantitative estimate of drug-likeness (QED) is 0.422. The van der Waals surface area contributed by atoms with E-state index in [1.807, 2.05) is 36.2 Å². The predicted molar refractivity (Wildman–Crippen MR) is 140 cm³/mol. The standard InChI is InChI=1S/C29H31N3O2/c1-3-6-25(33)7-5-8-29(34)32-19-17-31(18-20-32)24-12-10-23(11-13-24)26-15-16-30-28-14-9-22(4-2)21-27(26)28/h3-4,6,9-16,21H,2,5,7-8,17-20H2,1H3. The average molecular weight is 454 g/mol. The Morgan fingerprint density at radius 2 is 1.76 bits per heavy atom. The number of pyridine rings is 1. The molecule has 2 heterocycles. The molecule has 34 heavy (non-hydrogen) atoms. The number of nitrogens with zero attached hydrogens (tertiary/aromatic N) is 3. The van der Waals surface area contributed by atoms with E-state index in [-0.39, 0.29) is 11.7 Å². The molecule has 0 spiro atoms. The Morgan fingerprint density at radius 3 is 2.47 bits per heavy atom. The number of aromatic nitrogens is 1. The second kappa shape index (κ2) is 10.9. The second-order valence-corrected chi connectivity index (χ2v) is 8.57. The molecule has 1 amide bonds. The Balaban J connectivity index is 1.37. The van der Waals surface area contributed by atoms with E-state index < -0.39 is 0 Å². The molecule has 0 atom stereocenters. The fraction of sp³-hybridized carbons (Fsp3) is 0.276. The number of hydrogen-bond acceptors (Lipinski definition) is 4. The Labute approximate surface area is 201 Å². The summed E-state index contributed by atoms with van der Waals surface area (Å²) in [6, 6.07) is 16.9. The molecule has 5 nitrogen and oxygen atoms in total. The molecule has 174 valence electrons. The Hall–Kier alpha value is -3.73. The van der Waals surface area contributed by atoms with Crippen molar-refractivity contribution in [2.24, 2.45) is 0 Å². The summed E-state index contributed by atoms with van der Waals surface area (Å²) in [7, 11) is 0. The van der Waals surface area contributed by atoms with E-state index in [2.05, 4.69) is 52.9 Å². The summed E-state index contributed by atoms with van der Waals surface area (Å²) < 4.78 is 0. The molecule has 0 N–H and O–H groups in total. The lowest BCUT2D eigenvalue weighted by Crippen LogP contribution is -2.48. The van der Waals surface area contributed by atoms with Crippen molar-refractivity contribution in [3.8, 4) is 11.1 Å². The van der Waals surface area contributed by atoms with Crippen LogP contribution in [0.25, 0.3) is 28.1 Å². The smallest absolute Gasteiger partial charge is 0.222 e. The van der Waals surface area contributed by atoms with Gasteiger partial charge in [0.1, 0.15) is 0 Å². The summed E-state index contributed by atoms with van der Waals surface area (Å²) >= 11 is 0. The van der Waals surface area contributed by atoms with Gasteiger partial charge in [-0.15, -0.1) is 0 Å². The monoisotopic (exact) mass is 453 g/mol. The lowest BCUT2D eigenvalue weighted by atomic mass is 9.99. The Kier molecular flexibility index (Phi) is 7.53. The van der Waals surface area contributed by atoms with E-state index in [4.69, 9.17) is 0 Å². The van der Waals surface area contributed by atoms with E-state index in [1.54, 1.807) is 12.2 Å². The van der Waals surface area contributed by atoms with E-state index in [0.29, 0.717) is 32.4 Å². The minimum absolute atomic E-state index is 0.0875. The van der Waals surface area contributed by atoms with Gasteiger partial charge in [-0.1, -0.05) is 36.9 Å². The molecule has 0 aliphatic carbocycles. The van der Waals surface area contributed by atoms with Crippen molar-refractivity contribution in [3.05, 3.63) is 79.0 Å². The maximum Gasteiger partial charge on any atom is 0.222 e. The number of fused-ring (bicyclic) bond motifs is 1. The van der Waals surface area contributed by atoms with Gasteiger partial charge in [0, 0.05) is 56.3 Å². The van der Waals surface area contributed by atoms with Gasteiger partial charge in [0.15, 0.2) is 5.78 Å². The fourth-order valence-corrected chi connectivity index (χ4v) is 4.45. The number of piperazine rings is 1. The van der Waals surface area contributed by atoms with Gasteiger partial charge >= 0.3 is 0 Å². The van der Waals surface area contributed by atoms with Crippen LogP contribution in [0.1, 0.15) is 31.7 Å². The zero-order valence-corrected chi connectivity index (χ0v) is 19.7. The highest BCUT2D eigenvalue weighted by Crippen LogP contribution is 2.30. The van der Waals surface area contributed by atoms with Gasteiger partial charge in [-0.2, -0.15) is 0 Å². The lowest BCUT2D eigenvalue weighted by molar-refractivity contribution is -0.131. The second-order valence-electron chi connectivity index (χ2n) is 8.57. The molecule has 1 aliphatic rings. The van der Waals surface area contributed by atoms with E-state index in [1.165, 1.54) is 0 Å². The fourth-order valence-electron chi connectivity index (χ4n) is 4.45. The molecule has 5 heteroatoms. The highest BCUT2D eigenvalue weighted by Gasteiger charge is 2.21. The molecular formula is C29H31N3O2. The first-order chi connectivity index (χ1) is 16.6. The van der Waals surface area contributed by atoms with Gasteiger partial charge in [0.05, 0.1) is 5.52 Å². The van der Waals surface area contributed by atoms with E-state index in [9.17, 15) is 9.59 Å². The number of rotatable bonds is 8. The molecular weight excluding hydrogens is 422 g/mol. The zero-order valence-electron chi connectivity index (χ0n) is 19.7. The summed E-state index contributed by atoms with van der Waals surface area (Å²) in [5.41, 5.74) is 5.52. The van der Waals surface area contributed by atoms with Crippen LogP contribution in [0.5, 0.6) is 0 Å². The first-order valence-corrected chi connectivity index (χ1v) is 11.9. The van der Waals surface area contributed by atoms with Crippen LogP contribution in [0.2, 0.25) is 0 Å². The van der Waals surface area contributed by atoms with Gasteiger partial charge in [0.25, 0.3) is 0 Å². The highest BCUT2D eigenvalue weighted by atomic mass is 16.2. The van der Waals surface area contributed by atoms with E-state index >= 15 is 0 Å². The van der Waals surface area contributed by atoms with Crippen molar-refractivity contribution in [1.29, 1.82) is 0 Å². The van der Waals surface area contributed by atoms with Crippen molar-refractivity contribution in [1.82, 2.24) is 9.88 Å². The van der Waals surface area contributed by atoms with Gasteiger partial charge in [0.2, 0.25) is 5.91 Å². The summed E-state index contributed by atoms with van der Waals surface area (Å²) in [5, 5.41) is 1.12. The molecule has 1 aromatic heterocycles. The van der Waals surface area contributed by atoms with Crippen molar-refractivity contribution < 1.29 is 9.59 Å². The molecule has 1 saturated heterocycles. The normalized spacial score (nSPS) is 14.0. The highest BCUT2D eigenvalue weighted by molar-refractivity contribution is 5.95. The number of allylic oxidation sites excluding steroid dienone is 2. The number of ketones is 1. The third-order valence-electron chi connectivity index (χ3n) is 6.34. The minimum atomic E-state index is 0.0875. The largest absolute Gasteiger partial charge is 0.368 e. The van der Waals surface area contributed by atoms with Gasteiger partial charge < -0.3 is 9.80 Å². The molecule has 0 radical (unpaired) electrons. The third-order valence-corrected chi connectivity index (χ3v) is 6.34. The zero-order chi connectivity index (χ0) is 23.9. The van der Waals surface area contributed by atoms with Crippen LogP contribution in [-0.2, 0) is 9.59 Å². The summed E-state index contributed by atoms with van der Waals surface area (Å²) in [5.74, 6) is 0.233. The number of benzene rings is 2. The lowest BCUT2D eigenvalue weighted by Gasteiger charge is -2.36. The van der Waals surface area contributed by atoms with Crippen LogP contribution < -0.4 is 4.90 Å². The molecule has 2 aromatic carbocycles. The SMILES string of the molecule is C=Cc1ccc2nccc(-c3ccc(N4CCN(C(=O)CCCC(=O)C=CC)CC4)cc3)c2c1. The van der Waals surface area contributed by atoms with Gasteiger partial charge in [-0.3, -0.25) is 14.6 Å². The number of carbonyl (C=O) groups excluding carboxylic acids is 2. The number of anilines is 1. The summed E-state index contributed by atoms with van der Waals surface area (Å²) in [6.45, 7) is 8.75. The predicted octanol–water partition coefficient (Wildman–Crippen LogP) is 5.51. The number of amides is 1. The van der Waals surface area contributed by atoms with Crippen molar-refractivity contribution in [3.63, 3.8) is 0 Å². The molecule has 0 bridgehead atoms. The third kappa shape index (κ3) is 5.42. The number of carbonyl (C=O) groups is 2. The van der Waals surface area contributed by atoms with Crippen molar-refractivity contribution in [2.45, 2.75) is 26.2 Å². The summed E-state index contributed by atoms with van der Waals surface area (Å²) in [6.07, 6.45) is 8.51. The molecule has 3 aromatic rings. The topological polar surface area (TPSA) is 53.5 Å². The van der Waals surface area contributed by atoms with Crippen LogP contribution in [0.3, 0.4) is 0 Å². The van der Waals surface area contributed by atoms with Crippen molar-refractivity contribution in [2.75, 3.05) is 31.1 Å². The first-order valence-electron chi connectivity index (χ1n) is 11.9. The van der Waals surface area contributed by atoms with E-state index in [0.717, 1.165) is 46.4 Å². The van der Waals surface area contributed by atoms with Gasteiger partial charge in [-0.05, 0) is 66.4 Å². The molecule has 1 aliphatic heterocycles. The van der Waals surface area contributed by atoms with Crippen molar-refractivity contribution >= 4 is 34.4 Å². The molecule has 1 fully saturated rings. The molecule has 0 unspecified atom stereocenters. The Bertz CT molecular complexity index is 1210. The van der Waals surface area contributed by atoms with Crippen LogP contribution in [0.15, 0.2) is 73.5 Å². The van der Waals surface area contributed by atoms with Crippen LogP contribution in [-0.4, -0.2) is 47.8 Å². The molecule has 0 saturated carbocycles. The molecule has 4 rings (SSSR count). The maximum atomic E-state index is 12.5. The number of hydrogen-bond donors (Lipinski definition) is 0. The Morgan fingerprint density at radius 1 is 1.00 bits per heavy atom. The maximum absolute atomic E-state index is 12.5.